The van der Waals surface area contributed by atoms with E-state index in [0.717, 1.165) is 47.6 Å². The molecular weight excluding hydrogens is 439 g/mol. The second kappa shape index (κ2) is 11.1. The van der Waals surface area contributed by atoms with Gasteiger partial charge < -0.3 is 0 Å². The third-order valence-electron chi connectivity index (χ3n) is 5.54. The molecule has 30 heavy (non-hydrogen) atoms. The van der Waals surface area contributed by atoms with Crippen molar-refractivity contribution in [1.29, 1.82) is 0 Å². The topological polar surface area (TPSA) is 63.8 Å². The van der Waals surface area contributed by atoms with Crippen LogP contribution in [0.3, 0.4) is 0 Å². The number of hydrogen-bond donors (Lipinski definition) is 2. The number of hydrazine groups is 1. The molecular formula is C23H27Cl3N4. The molecule has 0 amide bonds. The number of aryl methyl sites for hydroxylation is 1. The van der Waals surface area contributed by atoms with Gasteiger partial charge in [0.1, 0.15) is 0 Å². The van der Waals surface area contributed by atoms with E-state index in [2.05, 4.69) is 30.5 Å². The van der Waals surface area contributed by atoms with Gasteiger partial charge in [-0.1, -0.05) is 41.4 Å². The van der Waals surface area contributed by atoms with Crippen LogP contribution in [0.15, 0.2) is 42.5 Å². The van der Waals surface area contributed by atoms with E-state index in [1.54, 1.807) is 0 Å². The van der Waals surface area contributed by atoms with E-state index < -0.39 is 0 Å². The molecule has 1 aromatic heterocycles. The van der Waals surface area contributed by atoms with Crippen molar-refractivity contribution >= 4 is 59.5 Å². The molecule has 3 aromatic rings. The van der Waals surface area contributed by atoms with Crippen molar-refractivity contribution in [2.75, 3.05) is 0 Å². The summed E-state index contributed by atoms with van der Waals surface area (Å²) in [4.78, 5) is 9.75. The summed E-state index contributed by atoms with van der Waals surface area (Å²) in [6.45, 7) is 2.12. The Morgan fingerprint density at radius 3 is 2.33 bits per heavy atom. The normalized spacial score (nSPS) is 18.8. The zero-order chi connectivity index (χ0) is 19.5. The standard InChI is InChI=1S/C23H25ClN4.2ClH/c1-15-2-12-21-20(14-15)23(17-6-10-19(28-25)11-7-17)27-22(26-21)13-5-16-3-8-18(24)9-4-16;;/h2-5,8-9,12-14,17,19,28H,6-7,10-11,25H2,1H3;2*1H/t17-,19-;;. The summed E-state index contributed by atoms with van der Waals surface area (Å²) in [6, 6.07) is 14.6. The van der Waals surface area contributed by atoms with E-state index in [1.165, 1.54) is 16.6 Å². The number of nitrogens with one attached hydrogen (secondary N) is 1. The summed E-state index contributed by atoms with van der Waals surface area (Å²) in [5, 5.41) is 1.91. The van der Waals surface area contributed by atoms with E-state index in [4.69, 9.17) is 27.4 Å². The summed E-state index contributed by atoms with van der Waals surface area (Å²) >= 11 is 5.97. The number of hydrogen-bond acceptors (Lipinski definition) is 4. The molecule has 1 aliphatic carbocycles. The zero-order valence-electron chi connectivity index (χ0n) is 16.8. The second-order valence-corrected chi connectivity index (χ2v) is 8.02. The van der Waals surface area contributed by atoms with Crippen molar-refractivity contribution in [3.63, 3.8) is 0 Å². The third-order valence-corrected chi connectivity index (χ3v) is 5.79. The minimum atomic E-state index is 0. The molecule has 0 bridgehead atoms. The third kappa shape index (κ3) is 5.71. The molecule has 7 heteroatoms. The number of nitrogens with zero attached hydrogens (tertiary/aromatic N) is 2. The van der Waals surface area contributed by atoms with E-state index >= 15 is 0 Å². The van der Waals surface area contributed by atoms with Crippen molar-refractivity contribution in [1.82, 2.24) is 15.4 Å². The zero-order valence-corrected chi connectivity index (χ0v) is 19.2. The summed E-state index contributed by atoms with van der Waals surface area (Å²) in [7, 11) is 0. The highest BCUT2D eigenvalue weighted by Crippen LogP contribution is 2.35. The van der Waals surface area contributed by atoms with Crippen LogP contribution in [0.4, 0.5) is 0 Å². The van der Waals surface area contributed by atoms with Crippen molar-refractivity contribution < 1.29 is 0 Å². The van der Waals surface area contributed by atoms with Gasteiger partial charge in [-0.3, -0.25) is 11.3 Å². The molecule has 0 saturated heterocycles. The summed E-state index contributed by atoms with van der Waals surface area (Å²) in [6.07, 6.45) is 8.36. The van der Waals surface area contributed by atoms with Crippen molar-refractivity contribution in [3.05, 3.63) is 70.1 Å². The van der Waals surface area contributed by atoms with Crippen molar-refractivity contribution in [2.45, 2.75) is 44.6 Å². The van der Waals surface area contributed by atoms with Gasteiger partial charge in [-0.05, 0) is 68.5 Å². The Balaban J connectivity index is 0.00000160. The van der Waals surface area contributed by atoms with Gasteiger partial charge in [-0.2, -0.15) is 0 Å². The fourth-order valence-electron chi connectivity index (χ4n) is 3.95. The average Bonchev–Trinajstić information content (AvgIpc) is 2.73. The molecule has 0 aliphatic heterocycles. The van der Waals surface area contributed by atoms with Crippen LogP contribution >= 0.6 is 36.4 Å². The van der Waals surface area contributed by atoms with Gasteiger partial charge in [-0.15, -0.1) is 24.8 Å². The molecule has 0 unspecified atom stereocenters. The summed E-state index contributed by atoms with van der Waals surface area (Å²) in [5.74, 6) is 6.83. The molecule has 4 nitrogen and oxygen atoms in total. The number of halogens is 3. The lowest BCUT2D eigenvalue weighted by atomic mass is 9.83. The maximum absolute atomic E-state index is 5.97. The smallest absolute Gasteiger partial charge is 0.152 e. The maximum Gasteiger partial charge on any atom is 0.152 e. The molecule has 0 radical (unpaired) electrons. The number of nitrogens with two attached hydrogens (primary N) is 1. The Hall–Kier alpha value is -1.69. The number of benzene rings is 2. The van der Waals surface area contributed by atoms with Crippen LogP contribution in [0, 0.1) is 6.92 Å². The van der Waals surface area contributed by atoms with E-state index in [1.807, 2.05) is 36.4 Å². The van der Waals surface area contributed by atoms with Gasteiger partial charge in [0.2, 0.25) is 0 Å². The van der Waals surface area contributed by atoms with Crippen LogP contribution in [0.2, 0.25) is 5.02 Å². The molecule has 1 saturated carbocycles. The molecule has 4 rings (SSSR count). The highest BCUT2D eigenvalue weighted by molar-refractivity contribution is 6.30. The molecule has 1 aliphatic rings. The predicted octanol–water partition coefficient (Wildman–Crippen LogP) is 6.10. The first-order valence-electron chi connectivity index (χ1n) is 9.80. The van der Waals surface area contributed by atoms with Crippen LogP contribution < -0.4 is 11.3 Å². The lowest BCUT2D eigenvalue weighted by Crippen LogP contribution is -2.37. The number of aromatic nitrogens is 2. The minimum absolute atomic E-state index is 0. The summed E-state index contributed by atoms with van der Waals surface area (Å²) in [5.41, 5.74) is 7.41. The van der Waals surface area contributed by atoms with Gasteiger partial charge in [-0.25, -0.2) is 9.97 Å². The van der Waals surface area contributed by atoms with Crippen LogP contribution in [0.25, 0.3) is 23.1 Å². The first kappa shape index (κ1) is 24.6. The SMILES string of the molecule is Cc1ccc2nc(C=Cc3ccc(Cl)cc3)nc([C@H]3CC[C@H](NN)CC3)c2c1.Cl.Cl. The lowest BCUT2D eigenvalue weighted by molar-refractivity contribution is 0.344. The summed E-state index contributed by atoms with van der Waals surface area (Å²) < 4.78 is 0. The fraction of sp³-hybridized carbons (Fsp3) is 0.304. The van der Waals surface area contributed by atoms with Gasteiger partial charge in [0, 0.05) is 22.4 Å². The first-order chi connectivity index (χ1) is 13.6. The number of fused-ring (bicyclic) bond motifs is 1. The van der Waals surface area contributed by atoms with Crippen LogP contribution in [-0.4, -0.2) is 16.0 Å². The number of rotatable bonds is 4. The van der Waals surface area contributed by atoms with Crippen LogP contribution in [-0.2, 0) is 0 Å². The Labute approximate surface area is 195 Å². The quantitative estimate of drug-likeness (QED) is 0.361. The Kier molecular flexibility index (Phi) is 9.08. The molecule has 1 heterocycles. The Morgan fingerprint density at radius 1 is 0.967 bits per heavy atom. The minimum Gasteiger partial charge on any atom is -0.271 e. The van der Waals surface area contributed by atoms with E-state index in [-0.39, 0.29) is 24.8 Å². The molecule has 3 N–H and O–H groups in total. The predicted molar refractivity (Wildman–Crippen MR) is 131 cm³/mol. The largest absolute Gasteiger partial charge is 0.271 e. The first-order valence-corrected chi connectivity index (χ1v) is 10.2. The van der Waals surface area contributed by atoms with E-state index in [9.17, 15) is 0 Å². The highest BCUT2D eigenvalue weighted by atomic mass is 35.5. The Morgan fingerprint density at radius 2 is 1.67 bits per heavy atom. The fourth-order valence-corrected chi connectivity index (χ4v) is 4.07. The Bertz CT molecular complexity index is 997. The van der Waals surface area contributed by atoms with Crippen molar-refractivity contribution in [2.24, 2.45) is 5.84 Å². The van der Waals surface area contributed by atoms with Gasteiger partial charge >= 0.3 is 0 Å². The van der Waals surface area contributed by atoms with Crippen LogP contribution in [0.1, 0.15) is 54.2 Å². The average molecular weight is 466 g/mol. The van der Waals surface area contributed by atoms with E-state index in [0.29, 0.717) is 12.0 Å². The molecule has 160 valence electrons. The molecule has 0 atom stereocenters. The van der Waals surface area contributed by atoms with Gasteiger partial charge in [0.15, 0.2) is 5.82 Å². The molecule has 0 spiro atoms. The maximum atomic E-state index is 5.97. The monoisotopic (exact) mass is 464 g/mol. The molecule has 2 aromatic carbocycles. The van der Waals surface area contributed by atoms with Gasteiger partial charge in [0.25, 0.3) is 0 Å². The highest BCUT2D eigenvalue weighted by Gasteiger charge is 2.24. The van der Waals surface area contributed by atoms with Gasteiger partial charge in [0.05, 0.1) is 11.2 Å². The van der Waals surface area contributed by atoms with Crippen LogP contribution in [0.5, 0.6) is 0 Å². The molecule has 1 fully saturated rings. The lowest BCUT2D eigenvalue weighted by Gasteiger charge is -2.28. The van der Waals surface area contributed by atoms with Crippen molar-refractivity contribution in [3.8, 4) is 0 Å². The second-order valence-electron chi connectivity index (χ2n) is 7.59.